The Kier molecular flexibility index (Phi) is 11.5. The van der Waals surface area contributed by atoms with Crippen molar-refractivity contribution in [3.63, 3.8) is 0 Å². The van der Waals surface area contributed by atoms with Gasteiger partial charge in [-0.15, -0.1) is 0 Å². The standard InChI is InChI=1S/C13H30N2O3S/c1-4-7-14-8-5-6-11-19(16,17)15-9-10-18-12-13(2)3/h13-15H,4-12H2,1-3H3. The van der Waals surface area contributed by atoms with Gasteiger partial charge in [-0.05, 0) is 38.3 Å². The number of hydrogen-bond donors (Lipinski definition) is 2. The zero-order chi connectivity index (χ0) is 14.6. The molecule has 0 radical (unpaired) electrons. The van der Waals surface area contributed by atoms with Crippen LogP contribution in [0.1, 0.15) is 40.0 Å². The summed E-state index contributed by atoms with van der Waals surface area (Å²) >= 11 is 0. The molecular weight excluding hydrogens is 264 g/mol. The van der Waals surface area contributed by atoms with Crippen molar-refractivity contribution in [2.45, 2.75) is 40.0 Å². The fourth-order valence-electron chi connectivity index (χ4n) is 1.50. The third-order valence-corrected chi connectivity index (χ3v) is 3.93. The average Bonchev–Trinajstić information content (AvgIpc) is 2.32. The monoisotopic (exact) mass is 294 g/mol. The normalized spacial score (nSPS) is 12.2. The molecule has 0 aromatic carbocycles. The first kappa shape index (κ1) is 18.8. The molecule has 6 heteroatoms. The molecule has 0 atom stereocenters. The van der Waals surface area contributed by atoms with Crippen molar-refractivity contribution < 1.29 is 13.2 Å². The molecule has 0 saturated carbocycles. The van der Waals surface area contributed by atoms with Gasteiger partial charge in [0.15, 0.2) is 0 Å². The molecule has 0 amide bonds. The van der Waals surface area contributed by atoms with Crippen molar-refractivity contribution in [1.82, 2.24) is 10.0 Å². The molecule has 0 aliphatic heterocycles. The Balaban J connectivity index is 3.47. The summed E-state index contributed by atoms with van der Waals surface area (Å²) in [4.78, 5) is 0. The molecule has 19 heavy (non-hydrogen) atoms. The fourth-order valence-corrected chi connectivity index (χ4v) is 2.63. The Hall–Kier alpha value is -0.170. The second-order valence-electron chi connectivity index (χ2n) is 5.14. The minimum Gasteiger partial charge on any atom is -0.380 e. The number of rotatable bonds is 13. The molecule has 2 N–H and O–H groups in total. The van der Waals surface area contributed by atoms with Crippen LogP contribution in [0.2, 0.25) is 0 Å². The van der Waals surface area contributed by atoms with E-state index >= 15 is 0 Å². The van der Waals surface area contributed by atoms with E-state index in [0.717, 1.165) is 25.9 Å². The molecule has 116 valence electrons. The summed E-state index contributed by atoms with van der Waals surface area (Å²) in [5.41, 5.74) is 0. The van der Waals surface area contributed by atoms with E-state index < -0.39 is 10.0 Å². The molecule has 0 spiro atoms. The van der Waals surface area contributed by atoms with Crippen LogP contribution < -0.4 is 10.0 Å². The van der Waals surface area contributed by atoms with Crippen LogP contribution in [-0.2, 0) is 14.8 Å². The Morgan fingerprint density at radius 1 is 1.11 bits per heavy atom. The predicted molar refractivity (Wildman–Crippen MR) is 79.8 cm³/mol. The zero-order valence-corrected chi connectivity index (χ0v) is 13.4. The molecule has 0 aliphatic carbocycles. The van der Waals surface area contributed by atoms with Crippen LogP contribution in [0.15, 0.2) is 0 Å². The molecule has 5 nitrogen and oxygen atoms in total. The highest BCUT2D eigenvalue weighted by Crippen LogP contribution is 1.95. The van der Waals surface area contributed by atoms with Gasteiger partial charge in [0.05, 0.1) is 12.4 Å². The van der Waals surface area contributed by atoms with E-state index in [9.17, 15) is 8.42 Å². The maximum atomic E-state index is 11.6. The summed E-state index contributed by atoms with van der Waals surface area (Å²) in [5.74, 6) is 0.678. The highest BCUT2D eigenvalue weighted by Gasteiger charge is 2.08. The van der Waals surface area contributed by atoms with Crippen LogP contribution in [0.3, 0.4) is 0 Å². The second kappa shape index (κ2) is 11.6. The lowest BCUT2D eigenvalue weighted by molar-refractivity contribution is 0.114. The maximum Gasteiger partial charge on any atom is 0.211 e. The van der Waals surface area contributed by atoms with E-state index in [2.05, 4.69) is 30.8 Å². The van der Waals surface area contributed by atoms with Crippen molar-refractivity contribution in [3.05, 3.63) is 0 Å². The Labute approximate surface area is 118 Å². The number of ether oxygens (including phenoxy) is 1. The summed E-state index contributed by atoms with van der Waals surface area (Å²) in [7, 11) is -3.13. The Morgan fingerprint density at radius 2 is 1.84 bits per heavy atom. The lowest BCUT2D eigenvalue weighted by Gasteiger charge is -2.09. The summed E-state index contributed by atoms with van der Waals surface area (Å²) in [6, 6.07) is 0. The van der Waals surface area contributed by atoms with Crippen LogP contribution in [0, 0.1) is 5.92 Å². The minimum absolute atomic E-state index is 0.199. The Bertz CT molecular complexity index is 292. The topological polar surface area (TPSA) is 67.4 Å². The predicted octanol–water partition coefficient (Wildman–Crippen LogP) is 1.36. The van der Waals surface area contributed by atoms with Crippen molar-refractivity contribution in [3.8, 4) is 0 Å². The molecule has 0 bridgehead atoms. The van der Waals surface area contributed by atoms with Crippen LogP contribution in [0.5, 0.6) is 0 Å². The lowest BCUT2D eigenvalue weighted by Crippen LogP contribution is -2.30. The van der Waals surface area contributed by atoms with Crippen molar-refractivity contribution in [2.24, 2.45) is 5.92 Å². The number of hydrogen-bond acceptors (Lipinski definition) is 4. The number of sulfonamides is 1. The van der Waals surface area contributed by atoms with Crippen molar-refractivity contribution in [1.29, 1.82) is 0 Å². The van der Waals surface area contributed by atoms with Crippen LogP contribution >= 0.6 is 0 Å². The molecular formula is C13H30N2O3S. The third-order valence-electron chi connectivity index (χ3n) is 2.46. The van der Waals surface area contributed by atoms with Gasteiger partial charge in [-0.2, -0.15) is 0 Å². The van der Waals surface area contributed by atoms with E-state index in [-0.39, 0.29) is 5.75 Å². The molecule has 0 fully saturated rings. The summed E-state index contributed by atoms with van der Waals surface area (Å²) in [6.07, 6.45) is 2.69. The fraction of sp³-hybridized carbons (Fsp3) is 1.00. The number of nitrogens with one attached hydrogen (secondary N) is 2. The maximum absolute atomic E-state index is 11.6. The van der Waals surface area contributed by atoms with E-state index in [4.69, 9.17) is 4.74 Å². The molecule has 0 aliphatic rings. The van der Waals surface area contributed by atoms with E-state index in [0.29, 0.717) is 32.1 Å². The van der Waals surface area contributed by atoms with Gasteiger partial charge < -0.3 is 10.1 Å². The third kappa shape index (κ3) is 14.1. The molecule has 0 aromatic heterocycles. The molecule has 0 rings (SSSR count). The second-order valence-corrected chi connectivity index (χ2v) is 7.07. The SMILES string of the molecule is CCCNCCCCS(=O)(=O)NCCOCC(C)C. The first-order valence-electron chi connectivity index (χ1n) is 7.23. The molecule has 0 saturated heterocycles. The van der Waals surface area contributed by atoms with Gasteiger partial charge in [-0.1, -0.05) is 20.8 Å². The van der Waals surface area contributed by atoms with Gasteiger partial charge in [0.25, 0.3) is 0 Å². The van der Waals surface area contributed by atoms with Crippen LogP contribution in [-0.4, -0.2) is 47.0 Å². The van der Waals surface area contributed by atoms with Gasteiger partial charge in [0.1, 0.15) is 0 Å². The summed E-state index contributed by atoms with van der Waals surface area (Å²) in [5, 5.41) is 3.26. The van der Waals surface area contributed by atoms with Gasteiger partial charge in [-0.25, -0.2) is 13.1 Å². The largest absolute Gasteiger partial charge is 0.380 e. The van der Waals surface area contributed by atoms with E-state index in [1.165, 1.54) is 0 Å². The minimum atomic E-state index is -3.13. The van der Waals surface area contributed by atoms with E-state index in [1.54, 1.807) is 0 Å². The average molecular weight is 294 g/mol. The summed E-state index contributed by atoms with van der Waals surface area (Å²) in [6.45, 7) is 9.61. The van der Waals surface area contributed by atoms with Gasteiger partial charge in [0, 0.05) is 13.2 Å². The van der Waals surface area contributed by atoms with Crippen LogP contribution in [0.4, 0.5) is 0 Å². The quantitative estimate of drug-likeness (QED) is 0.503. The zero-order valence-electron chi connectivity index (χ0n) is 12.6. The smallest absolute Gasteiger partial charge is 0.211 e. The Morgan fingerprint density at radius 3 is 2.47 bits per heavy atom. The highest BCUT2D eigenvalue weighted by atomic mass is 32.2. The van der Waals surface area contributed by atoms with Gasteiger partial charge in [0.2, 0.25) is 10.0 Å². The van der Waals surface area contributed by atoms with Crippen molar-refractivity contribution in [2.75, 3.05) is 38.6 Å². The lowest BCUT2D eigenvalue weighted by atomic mass is 10.2. The molecule has 0 unspecified atom stereocenters. The van der Waals surface area contributed by atoms with Gasteiger partial charge in [-0.3, -0.25) is 0 Å². The van der Waals surface area contributed by atoms with Gasteiger partial charge >= 0.3 is 0 Å². The van der Waals surface area contributed by atoms with Crippen LogP contribution in [0.25, 0.3) is 0 Å². The molecule has 0 heterocycles. The van der Waals surface area contributed by atoms with Crippen molar-refractivity contribution >= 4 is 10.0 Å². The summed E-state index contributed by atoms with van der Waals surface area (Å²) < 4.78 is 31.1. The first-order chi connectivity index (χ1) is 8.98. The highest BCUT2D eigenvalue weighted by molar-refractivity contribution is 7.89. The molecule has 0 aromatic rings. The van der Waals surface area contributed by atoms with E-state index in [1.807, 2.05) is 0 Å². The number of unbranched alkanes of at least 4 members (excludes halogenated alkanes) is 1. The first-order valence-corrected chi connectivity index (χ1v) is 8.89.